The minimum atomic E-state index is 0.325. The number of benzene rings is 2. The molecule has 0 bridgehead atoms. The van der Waals surface area contributed by atoms with Crippen LogP contribution in [0.4, 0.5) is 5.69 Å². The summed E-state index contributed by atoms with van der Waals surface area (Å²) in [6.45, 7) is 0. The summed E-state index contributed by atoms with van der Waals surface area (Å²) in [5, 5.41) is 2.53. The number of aliphatic imine (C=N–C) groups is 1. The lowest BCUT2D eigenvalue weighted by Gasteiger charge is -2.09. The molecule has 3 aromatic rings. The Labute approximate surface area is 116 Å². The van der Waals surface area contributed by atoms with Crippen molar-refractivity contribution in [3.05, 3.63) is 66.3 Å². The molecule has 2 heteroatoms. The van der Waals surface area contributed by atoms with Gasteiger partial charge < -0.3 is 4.98 Å². The molecule has 2 nitrogen and oxygen atoms in total. The fourth-order valence-electron chi connectivity index (χ4n) is 3.29. The first kappa shape index (κ1) is 10.2. The lowest BCUT2D eigenvalue weighted by Crippen LogP contribution is -2.04. The minimum Gasteiger partial charge on any atom is -0.354 e. The Morgan fingerprint density at radius 2 is 1.90 bits per heavy atom. The Morgan fingerprint density at radius 1 is 0.950 bits per heavy atom. The van der Waals surface area contributed by atoms with Crippen LogP contribution >= 0.6 is 0 Å². The number of aromatic nitrogens is 1. The van der Waals surface area contributed by atoms with E-state index in [9.17, 15) is 0 Å². The smallest absolute Gasteiger partial charge is 0.0683 e. The third-order valence-corrected chi connectivity index (χ3v) is 4.24. The third kappa shape index (κ3) is 1.21. The Morgan fingerprint density at radius 3 is 2.90 bits per heavy atom. The largest absolute Gasteiger partial charge is 0.354 e. The van der Waals surface area contributed by atoms with Crippen molar-refractivity contribution < 1.29 is 0 Å². The van der Waals surface area contributed by atoms with E-state index in [0.29, 0.717) is 5.92 Å². The van der Waals surface area contributed by atoms with Gasteiger partial charge in [0.25, 0.3) is 0 Å². The van der Waals surface area contributed by atoms with Crippen molar-refractivity contribution >= 4 is 33.2 Å². The molecular weight excluding hydrogens is 244 g/mol. The number of nitrogens with one attached hydrogen (secondary N) is 1. The summed E-state index contributed by atoms with van der Waals surface area (Å²) in [7, 11) is 0. The Hall–Kier alpha value is -2.61. The van der Waals surface area contributed by atoms with Gasteiger partial charge in [-0.15, -0.1) is 0 Å². The lowest BCUT2D eigenvalue weighted by atomic mass is 9.92. The van der Waals surface area contributed by atoms with Gasteiger partial charge in [0.05, 0.1) is 11.4 Å². The molecule has 1 aliphatic carbocycles. The predicted molar refractivity (Wildman–Crippen MR) is 83.9 cm³/mol. The number of hydrogen-bond acceptors (Lipinski definition) is 1. The molecule has 0 radical (unpaired) electrons. The molecule has 1 aliphatic heterocycles. The van der Waals surface area contributed by atoms with Gasteiger partial charge in [0.15, 0.2) is 0 Å². The van der Waals surface area contributed by atoms with Crippen LogP contribution in [-0.4, -0.2) is 10.7 Å². The van der Waals surface area contributed by atoms with E-state index in [4.69, 9.17) is 4.99 Å². The van der Waals surface area contributed by atoms with Crippen molar-refractivity contribution in [3.63, 3.8) is 0 Å². The van der Waals surface area contributed by atoms with Crippen LogP contribution in [0.15, 0.2) is 65.7 Å². The summed E-state index contributed by atoms with van der Waals surface area (Å²) in [4.78, 5) is 8.29. The standard InChI is InChI=1S/C18H12N2/c1-3-7-15-11(5-1)13-9-18-14(10-17(13)19-15)12-6-2-4-8-16(12)20-18/h1-11,20H. The minimum absolute atomic E-state index is 0.325. The summed E-state index contributed by atoms with van der Waals surface area (Å²) in [5.74, 6) is 0.325. The average molecular weight is 256 g/mol. The van der Waals surface area contributed by atoms with Gasteiger partial charge in [0.2, 0.25) is 0 Å². The highest BCUT2D eigenvalue weighted by Crippen LogP contribution is 2.41. The third-order valence-electron chi connectivity index (χ3n) is 4.24. The highest BCUT2D eigenvalue weighted by atomic mass is 14.8. The van der Waals surface area contributed by atoms with Gasteiger partial charge >= 0.3 is 0 Å². The van der Waals surface area contributed by atoms with Crippen LogP contribution in [0, 0.1) is 0 Å². The van der Waals surface area contributed by atoms with Crippen LogP contribution < -0.4 is 0 Å². The molecule has 0 spiro atoms. The predicted octanol–water partition coefficient (Wildman–Crippen LogP) is 4.62. The number of hydrogen-bond donors (Lipinski definition) is 1. The van der Waals surface area contributed by atoms with Gasteiger partial charge in [-0.1, -0.05) is 36.4 Å². The van der Waals surface area contributed by atoms with Crippen LogP contribution in [0.5, 0.6) is 0 Å². The fourth-order valence-corrected chi connectivity index (χ4v) is 3.29. The molecule has 0 fully saturated rings. The number of rotatable bonds is 0. The maximum atomic E-state index is 4.77. The molecule has 2 aliphatic rings. The van der Waals surface area contributed by atoms with Crippen LogP contribution in [0.25, 0.3) is 21.8 Å². The Balaban J connectivity index is 1.87. The molecule has 1 unspecified atom stereocenters. The lowest BCUT2D eigenvalue weighted by molar-refractivity contribution is 1.19. The van der Waals surface area contributed by atoms with E-state index in [1.165, 1.54) is 27.4 Å². The van der Waals surface area contributed by atoms with E-state index in [1.807, 2.05) is 0 Å². The second-order valence-corrected chi connectivity index (χ2v) is 5.39. The molecule has 5 rings (SSSR count). The Bertz CT molecular complexity index is 954. The van der Waals surface area contributed by atoms with Crippen molar-refractivity contribution in [1.29, 1.82) is 0 Å². The summed E-state index contributed by atoms with van der Waals surface area (Å²) < 4.78 is 0. The molecule has 2 aromatic carbocycles. The maximum Gasteiger partial charge on any atom is 0.0683 e. The van der Waals surface area contributed by atoms with Crippen LogP contribution in [0.3, 0.4) is 0 Å². The first-order chi connectivity index (χ1) is 9.90. The molecule has 1 aromatic heterocycles. The Kier molecular flexibility index (Phi) is 1.78. The van der Waals surface area contributed by atoms with Gasteiger partial charge in [0, 0.05) is 27.7 Å². The zero-order valence-electron chi connectivity index (χ0n) is 10.8. The average Bonchev–Trinajstić information content (AvgIpc) is 3.02. The quantitative estimate of drug-likeness (QED) is 0.608. The fraction of sp³-hybridized carbons (Fsp3) is 0.0556. The van der Waals surface area contributed by atoms with E-state index >= 15 is 0 Å². The molecule has 20 heavy (non-hydrogen) atoms. The molecule has 0 saturated carbocycles. The molecular formula is C18H12N2. The van der Waals surface area contributed by atoms with E-state index in [2.05, 4.69) is 65.7 Å². The summed E-state index contributed by atoms with van der Waals surface area (Å²) >= 11 is 0. The van der Waals surface area contributed by atoms with Crippen LogP contribution in [0.2, 0.25) is 0 Å². The van der Waals surface area contributed by atoms with Gasteiger partial charge in [-0.25, -0.2) is 0 Å². The second-order valence-electron chi connectivity index (χ2n) is 5.39. The van der Waals surface area contributed by atoms with Crippen molar-refractivity contribution in [3.8, 4) is 0 Å². The SMILES string of the molecule is C1=CC2=Nc3cc4c(cc3C2C=C1)[nH]c1ccccc14. The first-order valence-electron chi connectivity index (χ1n) is 6.88. The zero-order valence-corrected chi connectivity index (χ0v) is 10.8. The first-order valence-corrected chi connectivity index (χ1v) is 6.88. The number of para-hydroxylation sites is 1. The van der Waals surface area contributed by atoms with E-state index in [-0.39, 0.29) is 0 Å². The van der Waals surface area contributed by atoms with Crippen molar-refractivity contribution in [2.45, 2.75) is 5.92 Å². The van der Waals surface area contributed by atoms with Crippen molar-refractivity contribution in [2.75, 3.05) is 0 Å². The maximum absolute atomic E-state index is 4.77. The zero-order chi connectivity index (χ0) is 13.1. The molecule has 1 N–H and O–H groups in total. The van der Waals surface area contributed by atoms with Crippen molar-refractivity contribution in [1.82, 2.24) is 4.98 Å². The highest BCUT2D eigenvalue weighted by Gasteiger charge is 2.25. The number of nitrogens with zero attached hydrogens (tertiary/aromatic N) is 1. The number of aromatic amines is 1. The molecule has 94 valence electrons. The molecule has 1 atom stereocenters. The number of H-pyrrole nitrogens is 1. The summed E-state index contributed by atoms with van der Waals surface area (Å²) in [6, 6.07) is 12.9. The van der Waals surface area contributed by atoms with E-state index in [0.717, 1.165) is 11.4 Å². The van der Waals surface area contributed by atoms with E-state index < -0.39 is 0 Å². The molecule has 0 amide bonds. The van der Waals surface area contributed by atoms with Gasteiger partial charge in [-0.3, -0.25) is 4.99 Å². The highest BCUT2D eigenvalue weighted by molar-refractivity contribution is 6.13. The van der Waals surface area contributed by atoms with Gasteiger partial charge in [-0.05, 0) is 29.8 Å². The summed E-state index contributed by atoms with van der Waals surface area (Å²) in [6.07, 6.45) is 8.49. The van der Waals surface area contributed by atoms with Gasteiger partial charge in [-0.2, -0.15) is 0 Å². The normalized spacial score (nSPS) is 19.4. The van der Waals surface area contributed by atoms with Crippen molar-refractivity contribution in [2.24, 2.45) is 4.99 Å². The molecule has 2 heterocycles. The molecule has 0 saturated heterocycles. The van der Waals surface area contributed by atoms with Gasteiger partial charge in [0.1, 0.15) is 0 Å². The second kappa shape index (κ2) is 3.48. The topological polar surface area (TPSA) is 28.1 Å². The monoisotopic (exact) mass is 256 g/mol. The number of allylic oxidation sites excluding steroid dienone is 4. The van der Waals surface area contributed by atoms with Crippen LogP contribution in [-0.2, 0) is 0 Å². The summed E-state index contributed by atoms with van der Waals surface area (Å²) in [5.41, 5.74) is 5.95. The van der Waals surface area contributed by atoms with E-state index in [1.54, 1.807) is 0 Å². The van der Waals surface area contributed by atoms with Crippen LogP contribution in [0.1, 0.15) is 11.5 Å². The number of fused-ring (bicyclic) bond motifs is 6.